The van der Waals surface area contributed by atoms with Gasteiger partial charge in [-0.3, -0.25) is 0 Å². The molecule has 22 valence electrons. The molecule has 0 aromatic rings. The lowest BCUT2D eigenvalue weighted by Crippen LogP contribution is -1.22. The summed E-state index contributed by atoms with van der Waals surface area (Å²) in [4.78, 5) is 2.19. The molecular formula is CH3N3. The molecule has 0 aliphatic carbocycles. The van der Waals surface area contributed by atoms with Gasteiger partial charge in [0.2, 0.25) is 0 Å². The SMILES string of the molecule is [3H]C([3H])N=[N+]=[N-]. The first-order valence-corrected chi connectivity index (χ1v) is 0.658. The summed E-state index contributed by atoms with van der Waals surface area (Å²) in [5, 5.41) is 2.64. The van der Waals surface area contributed by atoms with Crippen molar-refractivity contribution in [2.75, 3.05) is 7.00 Å². The lowest BCUT2D eigenvalue weighted by Gasteiger charge is -1.35. The maximum Gasteiger partial charge on any atom is 0.0287 e. The first kappa shape index (κ1) is 0.951. The molecule has 3 heteroatoms. The summed E-state index contributed by atoms with van der Waals surface area (Å²) >= 11 is 0. The Hall–Kier alpha value is -0.690. The Bertz CT molecular complexity index is 72.9. The van der Waals surface area contributed by atoms with Gasteiger partial charge in [0.25, 0.3) is 0 Å². The normalized spacial score (nSPS) is 12.2. The second-order valence-electron chi connectivity index (χ2n) is 0.205. The Balaban J connectivity index is 3.29. The van der Waals surface area contributed by atoms with Gasteiger partial charge in [-0.25, -0.2) is 0 Å². The molecule has 0 amide bonds. The van der Waals surface area contributed by atoms with Crippen LogP contribution in [0.2, 0.25) is 0 Å². The van der Waals surface area contributed by atoms with Gasteiger partial charge in [0.1, 0.15) is 0 Å². The molecule has 0 spiro atoms. The molecule has 4 heavy (non-hydrogen) atoms. The summed E-state index contributed by atoms with van der Waals surface area (Å²) in [7, 11) is 0. The largest absolute Gasteiger partial charge is 0.0973 e. The molecule has 0 N–H and O–H groups in total. The first-order chi connectivity index (χ1) is 2.77. The van der Waals surface area contributed by atoms with Crippen molar-refractivity contribution >= 4 is 0 Å². The molecule has 0 radical (unpaired) electrons. The van der Waals surface area contributed by atoms with Crippen LogP contribution in [-0.4, -0.2) is 7.00 Å². The van der Waals surface area contributed by atoms with Crippen molar-refractivity contribution < 1.29 is 2.74 Å². The summed E-state index contributed by atoms with van der Waals surface area (Å²) in [5.41, 5.74) is 7.46. The van der Waals surface area contributed by atoms with E-state index in [0.717, 1.165) is 0 Å². The summed E-state index contributed by atoms with van der Waals surface area (Å²) in [5.74, 6) is 0. The van der Waals surface area contributed by atoms with Crippen molar-refractivity contribution in [2.24, 2.45) is 5.11 Å². The number of azide groups is 1. The maximum absolute atomic E-state index is 7.46. The maximum atomic E-state index is 7.46. The van der Waals surface area contributed by atoms with E-state index in [1.807, 2.05) is 0 Å². The molecule has 0 rings (SSSR count). The van der Waals surface area contributed by atoms with Gasteiger partial charge in [0, 0.05) is 14.7 Å². The molecule has 0 unspecified atom stereocenters. The zero-order valence-corrected chi connectivity index (χ0v) is 1.92. The van der Waals surface area contributed by atoms with Gasteiger partial charge in [0.15, 0.2) is 0 Å². The van der Waals surface area contributed by atoms with Crippen molar-refractivity contribution in [1.29, 1.82) is 0 Å². The van der Waals surface area contributed by atoms with Crippen molar-refractivity contribution in [1.82, 2.24) is 0 Å². The molecule has 0 aromatic carbocycles. The van der Waals surface area contributed by atoms with Crippen molar-refractivity contribution in [3.8, 4) is 0 Å². The fraction of sp³-hybridized carbons (Fsp3) is 1.00. The standard InChI is InChI=1S/CH3N3/c1-3-4-2/h1H3/i1T2. The Morgan fingerprint density at radius 1 is 2.50 bits per heavy atom. The van der Waals surface area contributed by atoms with Crippen LogP contribution in [0.4, 0.5) is 0 Å². The van der Waals surface area contributed by atoms with E-state index in [1.165, 1.54) is 0 Å². The summed E-state index contributed by atoms with van der Waals surface area (Å²) in [6.45, 7) is -1.39. The third-order valence-electron chi connectivity index (χ3n) is 0.0516. The quantitative estimate of drug-likeness (QED) is 0.227. The van der Waals surface area contributed by atoms with Crippen LogP contribution < -0.4 is 0 Å². The Morgan fingerprint density at radius 2 is 3.25 bits per heavy atom. The third-order valence-corrected chi connectivity index (χ3v) is 0.0516. The van der Waals surface area contributed by atoms with Crippen LogP contribution >= 0.6 is 0 Å². The molecule has 0 aromatic heterocycles. The van der Waals surface area contributed by atoms with Crippen molar-refractivity contribution in [3.63, 3.8) is 0 Å². The summed E-state index contributed by atoms with van der Waals surface area (Å²) in [6.07, 6.45) is 0. The smallest absolute Gasteiger partial charge is 0.0287 e. The summed E-state index contributed by atoms with van der Waals surface area (Å²) < 4.78 is 12.4. The monoisotopic (exact) mass is 61.0 g/mol. The number of nitrogens with zero attached hydrogens (tertiary/aromatic N) is 3. The second-order valence-corrected chi connectivity index (χ2v) is 0.205. The Labute approximate surface area is 26.7 Å². The molecule has 0 saturated heterocycles. The highest BCUT2D eigenvalue weighted by atomic mass is 15.1. The summed E-state index contributed by atoms with van der Waals surface area (Å²) in [6, 6.07) is 0. The Morgan fingerprint density at radius 3 is 3.25 bits per heavy atom. The molecule has 3 nitrogen and oxygen atoms in total. The van der Waals surface area contributed by atoms with Crippen LogP contribution in [0.3, 0.4) is 0 Å². The highest BCUT2D eigenvalue weighted by Crippen LogP contribution is 1.46. The molecular weight excluding hydrogens is 54.0 g/mol. The molecule has 0 fully saturated rings. The predicted octanol–water partition coefficient (Wildman–Crippen LogP) is 0.927. The molecule has 0 saturated carbocycles. The minimum absolute atomic E-state index is 1.39. The van der Waals surface area contributed by atoms with E-state index < -0.39 is 7.00 Å². The van der Waals surface area contributed by atoms with Gasteiger partial charge in [-0.15, -0.1) is 0 Å². The molecule has 0 atom stereocenters. The molecule has 0 bridgehead atoms. The Kier molecular flexibility index (Phi) is 0.549. The van der Waals surface area contributed by atoms with Gasteiger partial charge in [0.05, 0.1) is 0 Å². The van der Waals surface area contributed by atoms with Gasteiger partial charge >= 0.3 is 0 Å². The van der Waals surface area contributed by atoms with Crippen LogP contribution in [0.1, 0.15) is 2.74 Å². The lowest BCUT2D eigenvalue weighted by atomic mass is 11.6. The van der Waals surface area contributed by atoms with Gasteiger partial charge in [-0.2, -0.15) is 0 Å². The van der Waals surface area contributed by atoms with Gasteiger partial charge in [-0.1, -0.05) is 5.11 Å². The zero-order chi connectivity index (χ0) is 4.99. The van der Waals surface area contributed by atoms with Crippen LogP contribution in [-0.2, 0) is 0 Å². The van der Waals surface area contributed by atoms with Crippen LogP contribution in [0.15, 0.2) is 5.11 Å². The van der Waals surface area contributed by atoms with E-state index in [2.05, 4.69) is 10.0 Å². The molecule has 0 heterocycles. The highest BCUT2D eigenvalue weighted by molar-refractivity contribution is 4.30. The number of rotatable bonds is 0. The fourth-order valence-corrected chi connectivity index (χ4v) is 0. The average Bonchev–Trinajstić information content (AvgIpc) is 1.35. The van der Waals surface area contributed by atoms with E-state index in [0.29, 0.717) is 0 Å². The molecule has 0 aliphatic heterocycles. The molecule has 0 aliphatic rings. The lowest BCUT2D eigenvalue weighted by molar-refractivity contribution is 1.40. The second kappa shape index (κ2) is 2.31. The third kappa shape index (κ3) is 1.31. The van der Waals surface area contributed by atoms with Crippen molar-refractivity contribution in [2.45, 2.75) is 0 Å². The van der Waals surface area contributed by atoms with Crippen LogP contribution in [0.25, 0.3) is 10.4 Å². The van der Waals surface area contributed by atoms with E-state index in [4.69, 9.17) is 8.27 Å². The minimum Gasteiger partial charge on any atom is -0.0973 e. The van der Waals surface area contributed by atoms with Crippen LogP contribution in [0.5, 0.6) is 0 Å². The highest BCUT2D eigenvalue weighted by Gasteiger charge is 1.27. The predicted molar refractivity (Wildman–Crippen MR) is 15.1 cm³/mol. The van der Waals surface area contributed by atoms with E-state index >= 15 is 0 Å². The van der Waals surface area contributed by atoms with E-state index in [9.17, 15) is 0 Å². The van der Waals surface area contributed by atoms with Gasteiger partial charge < -0.3 is 0 Å². The number of hydrogen-bond acceptors (Lipinski definition) is 1. The van der Waals surface area contributed by atoms with Gasteiger partial charge in [-0.05, 0) is 5.53 Å². The number of hydrogen-bond donors (Lipinski definition) is 0. The van der Waals surface area contributed by atoms with Crippen molar-refractivity contribution in [3.05, 3.63) is 10.4 Å². The minimum atomic E-state index is -1.39. The zero-order valence-electron chi connectivity index (χ0n) is 3.92. The average molecular weight is 61.1 g/mol. The fourth-order valence-electron chi connectivity index (χ4n) is 0. The topological polar surface area (TPSA) is 48.8 Å². The van der Waals surface area contributed by atoms with Crippen LogP contribution in [0, 0.1) is 0 Å². The van der Waals surface area contributed by atoms with E-state index in [1.54, 1.807) is 0 Å². The van der Waals surface area contributed by atoms with E-state index in [-0.39, 0.29) is 0 Å². The first-order valence-electron chi connectivity index (χ1n) is 1.81.